The first-order chi connectivity index (χ1) is 8.75. The van der Waals surface area contributed by atoms with Crippen LogP contribution in [0.4, 0.5) is 0 Å². The number of carbonyl (C=O) groups excluding carboxylic acids is 1. The lowest BCUT2D eigenvalue weighted by Gasteiger charge is -2.11. The molecular formula is C13H16N4O. The molecule has 2 rings (SSSR count). The molecule has 0 unspecified atom stereocenters. The van der Waals surface area contributed by atoms with Gasteiger partial charge < -0.3 is 11.1 Å². The molecule has 1 amide bonds. The minimum atomic E-state index is -0.528. The van der Waals surface area contributed by atoms with Crippen molar-refractivity contribution in [2.75, 3.05) is 0 Å². The lowest BCUT2D eigenvalue weighted by molar-refractivity contribution is -0.122. The quantitative estimate of drug-likeness (QED) is 0.720. The number of nitrogens with zero attached hydrogens (tertiary/aromatic N) is 1. The van der Waals surface area contributed by atoms with Crippen LogP contribution in [-0.2, 0) is 17.8 Å². The van der Waals surface area contributed by atoms with Gasteiger partial charge in [0.25, 0.3) is 0 Å². The highest BCUT2D eigenvalue weighted by atomic mass is 16.2. The number of hydrogen-bond donors (Lipinski definition) is 3. The van der Waals surface area contributed by atoms with Crippen LogP contribution >= 0.6 is 0 Å². The van der Waals surface area contributed by atoms with Gasteiger partial charge >= 0.3 is 0 Å². The summed E-state index contributed by atoms with van der Waals surface area (Å²) in [4.78, 5) is 11.8. The number of H-pyrrole nitrogens is 1. The van der Waals surface area contributed by atoms with E-state index < -0.39 is 6.04 Å². The summed E-state index contributed by atoms with van der Waals surface area (Å²) in [6.45, 7) is 0.442. The highest BCUT2D eigenvalue weighted by molar-refractivity contribution is 5.81. The smallest absolute Gasteiger partial charge is 0.237 e. The summed E-state index contributed by atoms with van der Waals surface area (Å²) in [7, 11) is 0. The average Bonchev–Trinajstić information content (AvgIpc) is 2.90. The van der Waals surface area contributed by atoms with Crippen LogP contribution in [0.25, 0.3) is 0 Å². The first kappa shape index (κ1) is 12.3. The molecule has 5 heteroatoms. The van der Waals surface area contributed by atoms with Crippen molar-refractivity contribution in [3.05, 3.63) is 53.9 Å². The van der Waals surface area contributed by atoms with Crippen LogP contribution in [0.5, 0.6) is 0 Å². The minimum absolute atomic E-state index is 0.153. The summed E-state index contributed by atoms with van der Waals surface area (Å²) in [6.07, 6.45) is 3.95. The number of rotatable bonds is 5. The Morgan fingerprint density at radius 2 is 2.11 bits per heavy atom. The number of hydrogen-bond acceptors (Lipinski definition) is 3. The number of carbonyl (C=O) groups is 1. The zero-order valence-electron chi connectivity index (χ0n) is 9.97. The predicted octanol–water partition coefficient (Wildman–Crippen LogP) is 0.596. The Labute approximate surface area is 105 Å². The number of nitrogens with two attached hydrogens (primary N) is 1. The fourth-order valence-corrected chi connectivity index (χ4v) is 1.66. The Kier molecular flexibility index (Phi) is 4.09. The molecule has 0 fully saturated rings. The van der Waals surface area contributed by atoms with Gasteiger partial charge in [-0.3, -0.25) is 9.89 Å². The maximum Gasteiger partial charge on any atom is 0.237 e. The largest absolute Gasteiger partial charge is 0.351 e. The molecule has 1 aromatic heterocycles. The molecule has 1 aromatic carbocycles. The maximum absolute atomic E-state index is 11.8. The number of aromatic nitrogens is 2. The van der Waals surface area contributed by atoms with Gasteiger partial charge in [-0.15, -0.1) is 0 Å². The van der Waals surface area contributed by atoms with Crippen molar-refractivity contribution < 1.29 is 4.79 Å². The average molecular weight is 244 g/mol. The number of nitrogens with one attached hydrogen (secondary N) is 2. The molecule has 0 aliphatic carbocycles. The van der Waals surface area contributed by atoms with Crippen LogP contribution in [0, 0.1) is 0 Å². The van der Waals surface area contributed by atoms with E-state index in [0.717, 1.165) is 11.1 Å². The zero-order valence-corrected chi connectivity index (χ0v) is 9.97. The lowest BCUT2D eigenvalue weighted by atomic mass is 10.1. The fraction of sp³-hybridized carbons (Fsp3) is 0.231. The van der Waals surface area contributed by atoms with Gasteiger partial charge in [-0.2, -0.15) is 5.10 Å². The van der Waals surface area contributed by atoms with E-state index >= 15 is 0 Å². The highest BCUT2D eigenvalue weighted by Gasteiger charge is 2.13. The summed E-state index contributed by atoms with van der Waals surface area (Å²) in [5.74, 6) is -0.153. The third kappa shape index (κ3) is 3.43. The van der Waals surface area contributed by atoms with Crippen molar-refractivity contribution in [2.45, 2.75) is 19.0 Å². The fourth-order valence-electron chi connectivity index (χ4n) is 1.66. The van der Waals surface area contributed by atoms with Gasteiger partial charge in [-0.25, -0.2) is 0 Å². The van der Waals surface area contributed by atoms with Gasteiger partial charge in [0.2, 0.25) is 5.91 Å². The van der Waals surface area contributed by atoms with E-state index in [2.05, 4.69) is 15.5 Å². The summed E-state index contributed by atoms with van der Waals surface area (Å²) in [5.41, 5.74) is 7.84. The Morgan fingerprint density at radius 1 is 1.33 bits per heavy atom. The molecule has 5 nitrogen and oxygen atoms in total. The highest BCUT2D eigenvalue weighted by Crippen LogP contribution is 2.02. The van der Waals surface area contributed by atoms with Crippen LogP contribution < -0.4 is 11.1 Å². The van der Waals surface area contributed by atoms with E-state index in [9.17, 15) is 4.79 Å². The maximum atomic E-state index is 11.8. The Balaban J connectivity index is 1.82. The number of aromatic amines is 1. The molecule has 94 valence electrons. The summed E-state index contributed by atoms with van der Waals surface area (Å²) < 4.78 is 0. The van der Waals surface area contributed by atoms with Crippen molar-refractivity contribution in [3.8, 4) is 0 Å². The topological polar surface area (TPSA) is 83.8 Å². The third-order valence-corrected chi connectivity index (χ3v) is 2.66. The number of benzene rings is 1. The molecule has 1 atom stereocenters. The minimum Gasteiger partial charge on any atom is -0.351 e. The molecule has 1 heterocycles. The van der Waals surface area contributed by atoms with Gasteiger partial charge in [0, 0.05) is 18.3 Å². The molecule has 2 aromatic rings. The van der Waals surface area contributed by atoms with E-state index in [1.54, 1.807) is 12.4 Å². The summed E-state index contributed by atoms with van der Waals surface area (Å²) >= 11 is 0. The van der Waals surface area contributed by atoms with E-state index in [0.29, 0.717) is 13.0 Å². The normalized spacial score (nSPS) is 12.1. The van der Waals surface area contributed by atoms with E-state index in [4.69, 9.17) is 5.73 Å². The number of amides is 1. The molecule has 18 heavy (non-hydrogen) atoms. The molecule has 0 aliphatic heterocycles. The first-order valence-electron chi connectivity index (χ1n) is 5.80. The molecular weight excluding hydrogens is 228 g/mol. The lowest BCUT2D eigenvalue weighted by Crippen LogP contribution is -2.41. The van der Waals surface area contributed by atoms with Gasteiger partial charge in [0.15, 0.2) is 0 Å². The van der Waals surface area contributed by atoms with Gasteiger partial charge in [-0.1, -0.05) is 30.3 Å². The Hall–Kier alpha value is -2.14. The Morgan fingerprint density at radius 3 is 2.78 bits per heavy atom. The van der Waals surface area contributed by atoms with Gasteiger partial charge in [0.1, 0.15) is 0 Å². The second-order valence-electron chi connectivity index (χ2n) is 4.12. The summed E-state index contributed by atoms with van der Waals surface area (Å²) in [5, 5.41) is 9.28. The van der Waals surface area contributed by atoms with E-state index in [1.807, 2.05) is 30.3 Å². The molecule has 4 N–H and O–H groups in total. The summed E-state index contributed by atoms with van der Waals surface area (Å²) in [6, 6.07) is 9.20. The van der Waals surface area contributed by atoms with Crippen molar-refractivity contribution in [2.24, 2.45) is 5.73 Å². The van der Waals surface area contributed by atoms with Crippen molar-refractivity contribution in [1.82, 2.24) is 15.5 Å². The molecule has 0 bridgehead atoms. The molecule has 0 aliphatic rings. The predicted molar refractivity (Wildman–Crippen MR) is 68.6 cm³/mol. The zero-order chi connectivity index (χ0) is 12.8. The Bertz CT molecular complexity index is 481. The van der Waals surface area contributed by atoms with Crippen LogP contribution in [0.3, 0.4) is 0 Å². The van der Waals surface area contributed by atoms with Crippen molar-refractivity contribution >= 4 is 5.91 Å². The molecule has 0 saturated carbocycles. The van der Waals surface area contributed by atoms with E-state index in [1.165, 1.54) is 0 Å². The standard InChI is InChI=1S/C13H16N4O/c14-12(6-10-4-2-1-3-5-10)13(18)15-7-11-8-16-17-9-11/h1-5,8-9,12H,6-7,14H2,(H,15,18)(H,16,17)/t12-/m1/s1. The van der Waals surface area contributed by atoms with Gasteiger partial charge in [-0.05, 0) is 12.0 Å². The first-order valence-corrected chi connectivity index (χ1v) is 5.80. The van der Waals surface area contributed by atoms with Crippen LogP contribution in [0.1, 0.15) is 11.1 Å². The van der Waals surface area contributed by atoms with Crippen molar-refractivity contribution in [3.63, 3.8) is 0 Å². The van der Waals surface area contributed by atoms with Gasteiger partial charge in [0.05, 0.1) is 12.2 Å². The molecule has 0 saturated heterocycles. The van der Waals surface area contributed by atoms with Crippen LogP contribution in [0.2, 0.25) is 0 Å². The van der Waals surface area contributed by atoms with Crippen LogP contribution in [-0.4, -0.2) is 22.1 Å². The van der Waals surface area contributed by atoms with Crippen LogP contribution in [0.15, 0.2) is 42.7 Å². The second kappa shape index (κ2) is 5.97. The second-order valence-corrected chi connectivity index (χ2v) is 4.12. The third-order valence-electron chi connectivity index (χ3n) is 2.66. The van der Waals surface area contributed by atoms with Crippen molar-refractivity contribution in [1.29, 1.82) is 0 Å². The SMILES string of the molecule is N[C@H](Cc1ccccc1)C(=O)NCc1cn[nH]c1. The molecule has 0 spiro atoms. The molecule has 0 radical (unpaired) electrons. The monoisotopic (exact) mass is 244 g/mol. The van der Waals surface area contributed by atoms with E-state index in [-0.39, 0.29) is 5.91 Å².